The molecule has 0 aliphatic heterocycles. The van der Waals surface area contributed by atoms with Crippen molar-refractivity contribution in [2.24, 2.45) is 7.05 Å². The van der Waals surface area contributed by atoms with Gasteiger partial charge in [0.1, 0.15) is 5.82 Å². The van der Waals surface area contributed by atoms with Crippen LogP contribution in [0.25, 0.3) is 0 Å². The Labute approximate surface area is 100 Å². The van der Waals surface area contributed by atoms with Gasteiger partial charge in [0.2, 0.25) is 0 Å². The molecule has 0 spiro atoms. The molecule has 92 valence electrons. The molecule has 0 aliphatic carbocycles. The van der Waals surface area contributed by atoms with Gasteiger partial charge in [-0.15, -0.1) is 0 Å². The third kappa shape index (κ3) is 2.66. The summed E-state index contributed by atoms with van der Waals surface area (Å²) in [6.45, 7) is 11.1. The molecule has 2 nitrogen and oxygen atoms in total. The second-order valence-corrected chi connectivity index (χ2v) is 5.59. The van der Waals surface area contributed by atoms with Crippen molar-refractivity contribution in [2.45, 2.75) is 65.7 Å². The molecule has 16 heavy (non-hydrogen) atoms. The van der Waals surface area contributed by atoms with Crippen molar-refractivity contribution >= 4 is 0 Å². The number of unbranched alkanes of at least 4 members (excludes halogenated alkanes) is 1. The minimum atomic E-state index is 0.142. The van der Waals surface area contributed by atoms with Crippen LogP contribution in [-0.2, 0) is 25.3 Å². The van der Waals surface area contributed by atoms with Crippen LogP contribution in [0.1, 0.15) is 64.7 Å². The molecule has 0 amide bonds. The lowest BCUT2D eigenvalue weighted by Gasteiger charge is -2.18. The Balaban J connectivity index is 3.11. The number of nitrogens with zero attached hydrogens (tertiary/aromatic N) is 2. The van der Waals surface area contributed by atoms with Crippen LogP contribution in [0.4, 0.5) is 0 Å². The fourth-order valence-electron chi connectivity index (χ4n) is 2.20. The van der Waals surface area contributed by atoms with E-state index in [1.165, 1.54) is 36.5 Å². The Morgan fingerprint density at radius 2 is 1.81 bits per heavy atom. The molecule has 0 radical (unpaired) electrons. The standard InChI is InChI=1S/C14H26N2/c1-7-9-10-12-11(8-2)15-13(16(12)6)14(3,4)5/h7-10H2,1-6H3. The highest BCUT2D eigenvalue weighted by molar-refractivity contribution is 5.21. The molecule has 1 heterocycles. The largest absolute Gasteiger partial charge is 0.334 e. The molecule has 0 aliphatic rings. The summed E-state index contributed by atoms with van der Waals surface area (Å²) in [4.78, 5) is 4.82. The van der Waals surface area contributed by atoms with Crippen LogP contribution < -0.4 is 0 Å². The molecule has 0 unspecified atom stereocenters. The van der Waals surface area contributed by atoms with Crippen molar-refractivity contribution < 1.29 is 0 Å². The Hall–Kier alpha value is -0.790. The van der Waals surface area contributed by atoms with Gasteiger partial charge >= 0.3 is 0 Å². The SMILES string of the molecule is CCCCc1c(CC)nc(C(C)(C)C)n1C. The first-order valence-electron chi connectivity index (χ1n) is 6.46. The maximum absolute atomic E-state index is 4.82. The van der Waals surface area contributed by atoms with E-state index in [0.717, 1.165) is 6.42 Å². The van der Waals surface area contributed by atoms with E-state index in [-0.39, 0.29) is 5.41 Å². The van der Waals surface area contributed by atoms with Crippen molar-refractivity contribution in [3.63, 3.8) is 0 Å². The summed E-state index contributed by atoms with van der Waals surface area (Å²) in [6.07, 6.45) is 4.72. The zero-order valence-corrected chi connectivity index (χ0v) is 11.7. The summed E-state index contributed by atoms with van der Waals surface area (Å²) in [5, 5.41) is 0. The molecule has 1 aromatic rings. The predicted molar refractivity (Wildman–Crippen MR) is 69.9 cm³/mol. The van der Waals surface area contributed by atoms with E-state index >= 15 is 0 Å². The van der Waals surface area contributed by atoms with Crippen LogP contribution in [0.5, 0.6) is 0 Å². The quantitative estimate of drug-likeness (QED) is 0.760. The lowest BCUT2D eigenvalue weighted by molar-refractivity contribution is 0.516. The minimum Gasteiger partial charge on any atom is -0.334 e. The smallest absolute Gasteiger partial charge is 0.114 e. The predicted octanol–water partition coefficient (Wildman–Crippen LogP) is 3.62. The number of aryl methyl sites for hydroxylation is 1. The highest BCUT2D eigenvalue weighted by atomic mass is 15.1. The Morgan fingerprint density at radius 3 is 2.25 bits per heavy atom. The first-order valence-corrected chi connectivity index (χ1v) is 6.46. The lowest BCUT2D eigenvalue weighted by atomic mass is 9.96. The van der Waals surface area contributed by atoms with Gasteiger partial charge in [-0.1, -0.05) is 41.0 Å². The van der Waals surface area contributed by atoms with Crippen molar-refractivity contribution in [3.8, 4) is 0 Å². The van der Waals surface area contributed by atoms with Crippen LogP contribution in [0.15, 0.2) is 0 Å². The lowest BCUT2D eigenvalue weighted by Crippen LogP contribution is -2.18. The molecule has 0 saturated heterocycles. The fraction of sp³-hybridized carbons (Fsp3) is 0.786. The summed E-state index contributed by atoms with van der Waals surface area (Å²) in [5.41, 5.74) is 2.87. The zero-order chi connectivity index (χ0) is 12.3. The Morgan fingerprint density at radius 1 is 1.19 bits per heavy atom. The minimum absolute atomic E-state index is 0.142. The average Bonchev–Trinajstić information content (AvgIpc) is 2.51. The van der Waals surface area contributed by atoms with E-state index in [4.69, 9.17) is 4.98 Å². The molecule has 0 aromatic carbocycles. The second-order valence-electron chi connectivity index (χ2n) is 5.59. The van der Waals surface area contributed by atoms with E-state index in [0.29, 0.717) is 0 Å². The Bertz CT molecular complexity index is 342. The molecule has 0 saturated carbocycles. The maximum Gasteiger partial charge on any atom is 0.114 e. The van der Waals surface area contributed by atoms with Gasteiger partial charge in [0.15, 0.2) is 0 Å². The van der Waals surface area contributed by atoms with Gasteiger partial charge in [-0.2, -0.15) is 0 Å². The molecule has 0 N–H and O–H groups in total. The van der Waals surface area contributed by atoms with Crippen molar-refractivity contribution in [3.05, 3.63) is 17.2 Å². The van der Waals surface area contributed by atoms with Crippen LogP contribution in [-0.4, -0.2) is 9.55 Å². The third-order valence-electron chi connectivity index (χ3n) is 3.07. The van der Waals surface area contributed by atoms with Gasteiger partial charge < -0.3 is 4.57 Å². The first-order chi connectivity index (χ1) is 7.41. The molecular formula is C14H26N2. The van der Waals surface area contributed by atoms with Gasteiger partial charge in [0.25, 0.3) is 0 Å². The van der Waals surface area contributed by atoms with Crippen LogP contribution in [0, 0.1) is 0 Å². The van der Waals surface area contributed by atoms with Crippen LogP contribution >= 0.6 is 0 Å². The molecule has 1 rings (SSSR count). The summed E-state index contributed by atoms with van der Waals surface area (Å²) in [6, 6.07) is 0. The second kappa shape index (κ2) is 5.03. The van der Waals surface area contributed by atoms with Gasteiger partial charge in [-0.25, -0.2) is 4.98 Å². The third-order valence-corrected chi connectivity index (χ3v) is 3.07. The van der Waals surface area contributed by atoms with E-state index < -0.39 is 0 Å². The summed E-state index contributed by atoms with van der Waals surface area (Å²) in [7, 11) is 2.16. The topological polar surface area (TPSA) is 17.8 Å². The monoisotopic (exact) mass is 222 g/mol. The molecule has 0 fully saturated rings. The van der Waals surface area contributed by atoms with E-state index in [2.05, 4.69) is 46.2 Å². The van der Waals surface area contributed by atoms with Crippen molar-refractivity contribution in [2.75, 3.05) is 0 Å². The van der Waals surface area contributed by atoms with Gasteiger partial charge in [0.05, 0.1) is 5.69 Å². The zero-order valence-electron chi connectivity index (χ0n) is 11.7. The first kappa shape index (κ1) is 13.3. The summed E-state index contributed by atoms with van der Waals surface area (Å²) >= 11 is 0. The number of rotatable bonds is 4. The number of imidazole rings is 1. The van der Waals surface area contributed by atoms with Crippen molar-refractivity contribution in [1.82, 2.24) is 9.55 Å². The number of hydrogen-bond acceptors (Lipinski definition) is 1. The maximum atomic E-state index is 4.82. The summed E-state index contributed by atoms with van der Waals surface area (Å²) < 4.78 is 2.31. The molecule has 0 atom stereocenters. The normalized spacial score (nSPS) is 12.1. The van der Waals surface area contributed by atoms with Gasteiger partial charge in [-0.3, -0.25) is 0 Å². The van der Waals surface area contributed by atoms with Crippen LogP contribution in [0.3, 0.4) is 0 Å². The highest BCUT2D eigenvalue weighted by Crippen LogP contribution is 2.24. The molecular weight excluding hydrogens is 196 g/mol. The fourth-order valence-corrected chi connectivity index (χ4v) is 2.20. The van der Waals surface area contributed by atoms with E-state index in [9.17, 15) is 0 Å². The average molecular weight is 222 g/mol. The highest BCUT2D eigenvalue weighted by Gasteiger charge is 2.23. The van der Waals surface area contributed by atoms with Gasteiger partial charge in [-0.05, 0) is 19.3 Å². The van der Waals surface area contributed by atoms with Crippen molar-refractivity contribution in [1.29, 1.82) is 0 Å². The number of aromatic nitrogens is 2. The summed E-state index contributed by atoms with van der Waals surface area (Å²) in [5.74, 6) is 1.22. The Kier molecular flexibility index (Phi) is 4.17. The molecule has 1 aromatic heterocycles. The van der Waals surface area contributed by atoms with Crippen LogP contribution in [0.2, 0.25) is 0 Å². The van der Waals surface area contributed by atoms with E-state index in [1.54, 1.807) is 0 Å². The van der Waals surface area contributed by atoms with E-state index in [1.807, 2.05) is 0 Å². The molecule has 2 heteroatoms. The number of hydrogen-bond donors (Lipinski definition) is 0. The van der Waals surface area contributed by atoms with Gasteiger partial charge in [0, 0.05) is 18.2 Å². The molecule has 0 bridgehead atoms.